The predicted octanol–water partition coefficient (Wildman–Crippen LogP) is 2.28. The monoisotopic (exact) mass is 398 g/mol. The minimum atomic E-state index is -0.575. The van der Waals surface area contributed by atoms with Crippen molar-refractivity contribution in [2.75, 3.05) is 26.3 Å². The van der Waals surface area contributed by atoms with Crippen molar-refractivity contribution in [3.63, 3.8) is 0 Å². The zero-order chi connectivity index (χ0) is 19.3. The second-order valence-electron chi connectivity index (χ2n) is 6.36. The van der Waals surface area contributed by atoms with Crippen molar-refractivity contribution in [1.82, 2.24) is 10.2 Å². The summed E-state index contributed by atoms with van der Waals surface area (Å²) in [5.41, 5.74) is 0.604. The first-order valence-corrected chi connectivity index (χ1v) is 8.91. The third-order valence-corrected chi connectivity index (χ3v) is 4.23. The zero-order valence-electron chi connectivity index (χ0n) is 16.1. The van der Waals surface area contributed by atoms with Crippen molar-refractivity contribution in [1.29, 1.82) is 0 Å². The highest BCUT2D eigenvalue weighted by molar-refractivity contribution is 6.02. The summed E-state index contributed by atoms with van der Waals surface area (Å²) in [4.78, 5) is 39.0. The molecule has 27 heavy (non-hydrogen) atoms. The Balaban J connectivity index is 0.00000364. The van der Waals surface area contributed by atoms with Crippen LogP contribution in [0.15, 0.2) is 18.2 Å². The fourth-order valence-electron chi connectivity index (χ4n) is 2.89. The topological polar surface area (TPSA) is 84.9 Å². The Hall–Kier alpha value is -2.12. The number of hydrogen-bond donors (Lipinski definition) is 1. The Kier molecular flexibility index (Phi) is 8.72. The number of benzene rings is 1. The van der Waals surface area contributed by atoms with E-state index in [4.69, 9.17) is 9.47 Å². The van der Waals surface area contributed by atoms with Crippen LogP contribution in [0.25, 0.3) is 0 Å². The number of ether oxygens (including phenoxy) is 2. The molecule has 2 atom stereocenters. The Morgan fingerprint density at radius 3 is 1.96 bits per heavy atom. The summed E-state index contributed by atoms with van der Waals surface area (Å²) >= 11 is 0. The van der Waals surface area contributed by atoms with E-state index in [1.165, 1.54) is 18.2 Å². The number of rotatable bonds is 5. The van der Waals surface area contributed by atoms with E-state index >= 15 is 0 Å². The molecule has 8 heteroatoms. The summed E-state index contributed by atoms with van der Waals surface area (Å²) in [6.07, 6.45) is 0. The van der Waals surface area contributed by atoms with Gasteiger partial charge < -0.3 is 19.7 Å². The maximum atomic E-state index is 13.0. The Morgan fingerprint density at radius 1 is 1.00 bits per heavy atom. The highest BCUT2D eigenvalue weighted by Crippen LogP contribution is 2.18. The van der Waals surface area contributed by atoms with Crippen molar-refractivity contribution < 1.29 is 23.9 Å². The van der Waals surface area contributed by atoms with Gasteiger partial charge in [-0.2, -0.15) is 0 Å². The molecule has 1 aliphatic rings. The van der Waals surface area contributed by atoms with E-state index < -0.39 is 11.9 Å². The third-order valence-electron chi connectivity index (χ3n) is 4.23. The van der Waals surface area contributed by atoms with Gasteiger partial charge in [-0.1, -0.05) is 0 Å². The molecule has 1 amide bonds. The van der Waals surface area contributed by atoms with Gasteiger partial charge in [0.1, 0.15) is 0 Å². The number of amides is 1. The number of carbonyl (C=O) groups excluding carboxylic acids is 3. The SMILES string of the molecule is CCOC(=O)c1cc(C(=O)OCC)cc(C(=O)N2C[C@@H](C)NC[C@@H]2C)c1.Cl. The van der Waals surface area contributed by atoms with Gasteiger partial charge in [-0.05, 0) is 45.9 Å². The molecular formula is C19H27ClN2O5. The number of carbonyl (C=O) groups is 3. The molecule has 2 rings (SSSR count). The van der Waals surface area contributed by atoms with Crippen molar-refractivity contribution in [3.8, 4) is 0 Å². The van der Waals surface area contributed by atoms with Crippen LogP contribution < -0.4 is 5.32 Å². The number of halogens is 1. The van der Waals surface area contributed by atoms with E-state index in [-0.39, 0.29) is 60.3 Å². The molecular weight excluding hydrogens is 372 g/mol. The van der Waals surface area contributed by atoms with Crippen molar-refractivity contribution in [3.05, 3.63) is 34.9 Å². The Bertz CT molecular complexity index is 658. The van der Waals surface area contributed by atoms with E-state index in [0.717, 1.165) is 0 Å². The average molecular weight is 399 g/mol. The van der Waals surface area contributed by atoms with Crippen LogP contribution in [-0.2, 0) is 9.47 Å². The van der Waals surface area contributed by atoms with E-state index in [2.05, 4.69) is 5.32 Å². The van der Waals surface area contributed by atoms with Crippen LogP contribution in [0.4, 0.5) is 0 Å². The first kappa shape index (κ1) is 22.9. The maximum Gasteiger partial charge on any atom is 0.338 e. The zero-order valence-corrected chi connectivity index (χ0v) is 16.9. The molecule has 0 spiro atoms. The van der Waals surface area contributed by atoms with Gasteiger partial charge in [-0.3, -0.25) is 4.79 Å². The maximum absolute atomic E-state index is 13.0. The molecule has 0 aromatic heterocycles. The average Bonchev–Trinajstić information content (AvgIpc) is 2.63. The molecule has 1 aliphatic heterocycles. The summed E-state index contributed by atoms with van der Waals surface area (Å²) in [5, 5.41) is 3.32. The van der Waals surface area contributed by atoms with Crippen LogP contribution in [-0.4, -0.2) is 61.1 Å². The lowest BCUT2D eigenvalue weighted by Gasteiger charge is -2.37. The highest BCUT2D eigenvalue weighted by Gasteiger charge is 2.28. The lowest BCUT2D eigenvalue weighted by molar-refractivity contribution is 0.0525. The van der Waals surface area contributed by atoms with E-state index in [1.807, 2.05) is 13.8 Å². The van der Waals surface area contributed by atoms with E-state index in [9.17, 15) is 14.4 Å². The summed E-state index contributed by atoms with van der Waals surface area (Å²) < 4.78 is 10.0. The van der Waals surface area contributed by atoms with Crippen LogP contribution in [0.5, 0.6) is 0 Å². The summed E-state index contributed by atoms with van der Waals surface area (Å²) in [5.74, 6) is -1.37. The fourth-order valence-corrected chi connectivity index (χ4v) is 2.89. The van der Waals surface area contributed by atoms with Crippen LogP contribution in [0.1, 0.15) is 58.8 Å². The smallest absolute Gasteiger partial charge is 0.338 e. The third kappa shape index (κ3) is 5.68. The van der Waals surface area contributed by atoms with Gasteiger partial charge in [0.05, 0.1) is 24.3 Å². The second-order valence-corrected chi connectivity index (χ2v) is 6.36. The normalized spacial score (nSPS) is 19.0. The van der Waals surface area contributed by atoms with Gasteiger partial charge in [-0.15, -0.1) is 12.4 Å². The molecule has 7 nitrogen and oxygen atoms in total. The summed E-state index contributed by atoms with van der Waals surface area (Å²) in [6, 6.07) is 4.53. The molecule has 150 valence electrons. The Labute approximate surface area is 165 Å². The standard InChI is InChI=1S/C19H26N2O5.ClH/c1-5-25-18(23)15-7-14(8-16(9-15)19(24)26-6-2)17(22)21-11-12(3)20-10-13(21)4;/h7-9,12-13,20H,5-6,10-11H2,1-4H3;1H/t12-,13+;/m1./s1. The highest BCUT2D eigenvalue weighted by atomic mass is 35.5. The van der Waals surface area contributed by atoms with Crippen LogP contribution in [0.2, 0.25) is 0 Å². The quantitative estimate of drug-likeness (QED) is 0.766. The summed E-state index contributed by atoms with van der Waals surface area (Å²) in [7, 11) is 0. The predicted molar refractivity (Wildman–Crippen MR) is 104 cm³/mol. The van der Waals surface area contributed by atoms with Gasteiger partial charge in [0.25, 0.3) is 5.91 Å². The molecule has 1 fully saturated rings. The van der Waals surface area contributed by atoms with E-state index in [1.54, 1.807) is 18.7 Å². The molecule has 1 aromatic rings. The lowest BCUT2D eigenvalue weighted by Crippen LogP contribution is -2.56. The minimum absolute atomic E-state index is 0. The molecule has 0 aliphatic carbocycles. The largest absolute Gasteiger partial charge is 0.462 e. The molecule has 1 saturated heterocycles. The van der Waals surface area contributed by atoms with Crippen LogP contribution in [0, 0.1) is 0 Å². The van der Waals surface area contributed by atoms with Crippen molar-refractivity contribution in [2.24, 2.45) is 0 Å². The fraction of sp³-hybridized carbons (Fsp3) is 0.526. The second kappa shape index (κ2) is 10.3. The Morgan fingerprint density at radius 2 is 1.48 bits per heavy atom. The first-order valence-electron chi connectivity index (χ1n) is 8.91. The molecule has 0 bridgehead atoms. The number of nitrogens with one attached hydrogen (secondary N) is 1. The number of hydrogen-bond acceptors (Lipinski definition) is 6. The van der Waals surface area contributed by atoms with Crippen LogP contribution >= 0.6 is 12.4 Å². The van der Waals surface area contributed by atoms with Gasteiger partial charge in [-0.25, -0.2) is 9.59 Å². The molecule has 1 heterocycles. The van der Waals surface area contributed by atoms with Crippen molar-refractivity contribution in [2.45, 2.75) is 39.8 Å². The number of nitrogens with zero attached hydrogens (tertiary/aromatic N) is 1. The lowest BCUT2D eigenvalue weighted by atomic mass is 10.0. The van der Waals surface area contributed by atoms with Gasteiger partial charge in [0, 0.05) is 30.7 Å². The van der Waals surface area contributed by atoms with Crippen LogP contribution in [0.3, 0.4) is 0 Å². The number of piperazine rings is 1. The minimum Gasteiger partial charge on any atom is -0.462 e. The molecule has 0 radical (unpaired) electrons. The summed E-state index contributed by atoms with van der Waals surface area (Å²) in [6.45, 7) is 9.01. The molecule has 0 saturated carbocycles. The van der Waals surface area contributed by atoms with Gasteiger partial charge in [0.2, 0.25) is 0 Å². The molecule has 1 N–H and O–H groups in total. The van der Waals surface area contributed by atoms with Gasteiger partial charge in [0.15, 0.2) is 0 Å². The van der Waals surface area contributed by atoms with E-state index in [0.29, 0.717) is 13.1 Å². The first-order chi connectivity index (χ1) is 12.4. The molecule has 0 unspecified atom stereocenters. The number of esters is 2. The van der Waals surface area contributed by atoms with Crippen molar-refractivity contribution >= 4 is 30.3 Å². The molecule has 1 aromatic carbocycles. The van der Waals surface area contributed by atoms with Gasteiger partial charge >= 0.3 is 11.9 Å².